The Kier molecular flexibility index (Phi) is 6.78. The van der Waals surface area contributed by atoms with E-state index in [4.69, 9.17) is 0 Å². The normalized spacial score (nSPS) is 14.7. The molecule has 0 spiro atoms. The molecule has 1 aliphatic carbocycles. The topological polar surface area (TPSA) is 87.3 Å². The fourth-order valence-electron chi connectivity index (χ4n) is 2.81. The highest BCUT2D eigenvalue weighted by molar-refractivity contribution is 5.96. The van der Waals surface area contributed by atoms with Crippen LogP contribution in [0.4, 0.5) is 5.69 Å². The van der Waals surface area contributed by atoms with Crippen molar-refractivity contribution in [3.05, 3.63) is 29.8 Å². The standard InChI is InChI=1S/C18H25N3O3/c1-2-6-16(22)19-15-11-9-14(10-12-15)18(24)21-20-17(23)13-7-4-3-5-8-13/h9-13H,2-8H2,1H3,(H,19,22)(H,20,23)(H,21,24). The summed E-state index contributed by atoms with van der Waals surface area (Å²) in [5, 5.41) is 2.76. The van der Waals surface area contributed by atoms with E-state index in [2.05, 4.69) is 16.2 Å². The Labute approximate surface area is 142 Å². The largest absolute Gasteiger partial charge is 0.326 e. The van der Waals surface area contributed by atoms with Crippen LogP contribution in [0.5, 0.6) is 0 Å². The summed E-state index contributed by atoms with van der Waals surface area (Å²) in [5.74, 6) is -0.540. The van der Waals surface area contributed by atoms with Crippen molar-refractivity contribution in [2.75, 3.05) is 5.32 Å². The highest BCUT2D eigenvalue weighted by atomic mass is 16.2. The molecule has 3 amide bonds. The molecule has 0 bridgehead atoms. The first kappa shape index (κ1) is 18.0. The predicted molar refractivity (Wildman–Crippen MR) is 92.2 cm³/mol. The Morgan fingerprint density at radius 2 is 1.67 bits per heavy atom. The van der Waals surface area contributed by atoms with Crippen LogP contribution in [0.1, 0.15) is 62.2 Å². The van der Waals surface area contributed by atoms with Gasteiger partial charge in [-0.15, -0.1) is 0 Å². The van der Waals surface area contributed by atoms with Crippen LogP contribution in [0, 0.1) is 5.92 Å². The number of anilines is 1. The summed E-state index contributed by atoms with van der Waals surface area (Å²) in [4.78, 5) is 35.6. The lowest BCUT2D eigenvalue weighted by molar-refractivity contribution is -0.126. The molecular formula is C18H25N3O3. The van der Waals surface area contributed by atoms with Crippen LogP contribution in [-0.2, 0) is 9.59 Å². The van der Waals surface area contributed by atoms with Gasteiger partial charge in [-0.3, -0.25) is 25.2 Å². The van der Waals surface area contributed by atoms with Gasteiger partial charge in [-0.05, 0) is 43.5 Å². The zero-order chi connectivity index (χ0) is 17.4. The minimum atomic E-state index is -0.370. The summed E-state index contributed by atoms with van der Waals surface area (Å²) >= 11 is 0. The van der Waals surface area contributed by atoms with Gasteiger partial charge in [-0.25, -0.2) is 0 Å². The van der Waals surface area contributed by atoms with Crippen molar-refractivity contribution in [1.82, 2.24) is 10.9 Å². The van der Waals surface area contributed by atoms with E-state index in [1.165, 1.54) is 6.42 Å². The molecule has 0 atom stereocenters. The predicted octanol–water partition coefficient (Wildman–Crippen LogP) is 2.77. The maximum Gasteiger partial charge on any atom is 0.269 e. The number of hydrazine groups is 1. The molecule has 1 aromatic carbocycles. The van der Waals surface area contributed by atoms with Gasteiger partial charge in [0.2, 0.25) is 11.8 Å². The van der Waals surface area contributed by atoms with Crippen molar-refractivity contribution in [2.45, 2.75) is 51.9 Å². The van der Waals surface area contributed by atoms with Crippen molar-refractivity contribution >= 4 is 23.4 Å². The van der Waals surface area contributed by atoms with Crippen molar-refractivity contribution in [3.63, 3.8) is 0 Å². The molecule has 1 saturated carbocycles. The average molecular weight is 331 g/mol. The molecule has 1 aliphatic rings. The van der Waals surface area contributed by atoms with E-state index in [0.29, 0.717) is 17.7 Å². The molecule has 24 heavy (non-hydrogen) atoms. The molecule has 130 valence electrons. The van der Waals surface area contributed by atoms with E-state index in [9.17, 15) is 14.4 Å². The molecule has 3 N–H and O–H groups in total. The minimum absolute atomic E-state index is 0.00444. The van der Waals surface area contributed by atoms with Crippen LogP contribution >= 0.6 is 0 Å². The van der Waals surface area contributed by atoms with E-state index in [-0.39, 0.29) is 23.6 Å². The minimum Gasteiger partial charge on any atom is -0.326 e. The third-order valence-electron chi connectivity index (χ3n) is 4.18. The highest BCUT2D eigenvalue weighted by Crippen LogP contribution is 2.23. The molecular weight excluding hydrogens is 306 g/mol. The maximum absolute atomic E-state index is 12.1. The second-order valence-electron chi connectivity index (χ2n) is 6.15. The molecule has 2 rings (SSSR count). The smallest absolute Gasteiger partial charge is 0.269 e. The lowest BCUT2D eigenvalue weighted by Gasteiger charge is -2.20. The highest BCUT2D eigenvalue weighted by Gasteiger charge is 2.21. The SMILES string of the molecule is CCCC(=O)Nc1ccc(C(=O)NNC(=O)C2CCCCC2)cc1. The molecule has 0 saturated heterocycles. The van der Waals surface area contributed by atoms with Gasteiger partial charge in [0.05, 0.1) is 0 Å². The third kappa shape index (κ3) is 5.37. The van der Waals surface area contributed by atoms with Crippen LogP contribution in [0.25, 0.3) is 0 Å². The molecule has 6 heteroatoms. The maximum atomic E-state index is 12.1. The molecule has 0 radical (unpaired) electrons. The van der Waals surface area contributed by atoms with E-state index >= 15 is 0 Å². The summed E-state index contributed by atoms with van der Waals surface area (Å²) in [6.45, 7) is 1.94. The number of nitrogens with one attached hydrogen (secondary N) is 3. The second-order valence-corrected chi connectivity index (χ2v) is 6.15. The van der Waals surface area contributed by atoms with Gasteiger partial charge in [-0.2, -0.15) is 0 Å². The quantitative estimate of drug-likeness (QED) is 0.725. The Morgan fingerprint density at radius 3 is 2.29 bits per heavy atom. The van der Waals surface area contributed by atoms with Crippen molar-refractivity contribution in [3.8, 4) is 0 Å². The van der Waals surface area contributed by atoms with E-state index < -0.39 is 0 Å². The van der Waals surface area contributed by atoms with E-state index in [0.717, 1.165) is 32.1 Å². The molecule has 0 aromatic heterocycles. The molecule has 0 aliphatic heterocycles. The van der Waals surface area contributed by atoms with Crippen LogP contribution < -0.4 is 16.2 Å². The van der Waals surface area contributed by atoms with E-state index in [1.807, 2.05) is 6.92 Å². The van der Waals surface area contributed by atoms with Crippen LogP contribution in [0.2, 0.25) is 0 Å². The summed E-state index contributed by atoms with van der Waals surface area (Å²) in [7, 11) is 0. The first-order valence-corrected chi connectivity index (χ1v) is 8.60. The van der Waals surface area contributed by atoms with Crippen LogP contribution in [0.15, 0.2) is 24.3 Å². The number of benzene rings is 1. The van der Waals surface area contributed by atoms with Gasteiger partial charge < -0.3 is 5.32 Å². The lowest BCUT2D eigenvalue weighted by atomic mass is 9.89. The Bertz CT molecular complexity index is 578. The van der Waals surface area contributed by atoms with Crippen molar-refractivity contribution < 1.29 is 14.4 Å². The molecule has 1 fully saturated rings. The van der Waals surface area contributed by atoms with Gasteiger partial charge >= 0.3 is 0 Å². The van der Waals surface area contributed by atoms with Gasteiger partial charge in [0, 0.05) is 23.6 Å². The van der Waals surface area contributed by atoms with Gasteiger partial charge in [-0.1, -0.05) is 26.2 Å². The fourth-order valence-corrected chi connectivity index (χ4v) is 2.81. The van der Waals surface area contributed by atoms with Gasteiger partial charge in [0.25, 0.3) is 5.91 Å². The monoisotopic (exact) mass is 331 g/mol. The van der Waals surface area contributed by atoms with Crippen LogP contribution in [0.3, 0.4) is 0 Å². The number of carbonyl (C=O) groups is 3. The summed E-state index contributed by atoms with van der Waals surface area (Å²) in [6, 6.07) is 6.57. The zero-order valence-corrected chi connectivity index (χ0v) is 14.1. The lowest BCUT2D eigenvalue weighted by Crippen LogP contribution is -2.44. The molecule has 6 nitrogen and oxygen atoms in total. The zero-order valence-electron chi connectivity index (χ0n) is 14.1. The van der Waals surface area contributed by atoms with E-state index in [1.54, 1.807) is 24.3 Å². The van der Waals surface area contributed by atoms with Gasteiger partial charge in [0.15, 0.2) is 0 Å². The average Bonchev–Trinajstić information content (AvgIpc) is 2.61. The Balaban J connectivity index is 1.81. The third-order valence-corrected chi connectivity index (χ3v) is 4.18. The fraction of sp³-hybridized carbons (Fsp3) is 0.500. The molecule has 1 aromatic rings. The summed E-state index contributed by atoms with van der Waals surface area (Å²) < 4.78 is 0. The van der Waals surface area contributed by atoms with Crippen molar-refractivity contribution in [1.29, 1.82) is 0 Å². The first-order chi connectivity index (χ1) is 11.6. The Morgan fingerprint density at radius 1 is 1.00 bits per heavy atom. The first-order valence-electron chi connectivity index (χ1n) is 8.60. The number of hydrogen-bond acceptors (Lipinski definition) is 3. The Hall–Kier alpha value is -2.37. The summed E-state index contributed by atoms with van der Waals surface area (Å²) in [6.07, 6.45) is 6.33. The number of rotatable bonds is 5. The van der Waals surface area contributed by atoms with Crippen molar-refractivity contribution in [2.24, 2.45) is 5.92 Å². The molecule has 0 unspecified atom stereocenters. The summed E-state index contributed by atoms with van der Waals surface area (Å²) in [5.41, 5.74) is 6.03. The second kappa shape index (κ2) is 9.05. The number of amides is 3. The number of hydrogen-bond donors (Lipinski definition) is 3. The molecule has 0 heterocycles. The van der Waals surface area contributed by atoms with Gasteiger partial charge in [0.1, 0.15) is 0 Å². The number of carbonyl (C=O) groups excluding carboxylic acids is 3. The van der Waals surface area contributed by atoms with Crippen LogP contribution in [-0.4, -0.2) is 17.7 Å².